The van der Waals surface area contributed by atoms with Crippen LogP contribution in [-0.2, 0) is 6.54 Å². The van der Waals surface area contributed by atoms with Gasteiger partial charge in [0.1, 0.15) is 4.49 Å². The standard InChI is InChI=1S/C8H8Cl2N2O/c1-6-2-4-12(8(13)11-6)5-3-7(9)10/h2-4H,5H2,1H3. The van der Waals surface area contributed by atoms with Crippen molar-refractivity contribution in [1.82, 2.24) is 9.55 Å². The summed E-state index contributed by atoms with van der Waals surface area (Å²) < 4.78 is 1.56. The van der Waals surface area contributed by atoms with Crippen LogP contribution in [0.2, 0.25) is 0 Å². The second kappa shape index (κ2) is 4.44. The van der Waals surface area contributed by atoms with Gasteiger partial charge in [-0.25, -0.2) is 4.79 Å². The Hall–Kier alpha value is -0.800. The highest BCUT2D eigenvalue weighted by atomic mass is 35.5. The van der Waals surface area contributed by atoms with Gasteiger partial charge in [0.05, 0.1) is 0 Å². The van der Waals surface area contributed by atoms with E-state index >= 15 is 0 Å². The van der Waals surface area contributed by atoms with Crippen molar-refractivity contribution in [1.29, 1.82) is 0 Å². The third-order valence-corrected chi connectivity index (χ3v) is 1.76. The highest BCUT2D eigenvalue weighted by molar-refractivity contribution is 6.55. The fraction of sp³-hybridized carbons (Fsp3) is 0.250. The van der Waals surface area contributed by atoms with Crippen molar-refractivity contribution in [2.75, 3.05) is 0 Å². The zero-order chi connectivity index (χ0) is 9.84. The fourth-order valence-electron chi connectivity index (χ4n) is 0.820. The van der Waals surface area contributed by atoms with E-state index in [1.165, 1.54) is 10.6 Å². The minimum atomic E-state index is -0.300. The Kier molecular flexibility index (Phi) is 3.51. The van der Waals surface area contributed by atoms with Gasteiger partial charge >= 0.3 is 5.69 Å². The number of rotatable bonds is 2. The summed E-state index contributed by atoms with van der Waals surface area (Å²) in [5, 5.41) is 0. The van der Waals surface area contributed by atoms with Crippen LogP contribution in [0.25, 0.3) is 0 Å². The maximum absolute atomic E-state index is 11.2. The molecule has 0 unspecified atom stereocenters. The van der Waals surface area contributed by atoms with Crippen molar-refractivity contribution in [3.63, 3.8) is 0 Å². The van der Waals surface area contributed by atoms with Crippen molar-refractivity contribution in [3.8, 4) is 0 Å². The maximum Gasteiger partial charge on any atom is 0.348 e. The lowest BCUT2D eigenvalue weighted by Gasteiger charge is -1.99. The van der Waals surface area contributed by atoms with E-state index in [1.807, 2.05) is 0 Å². The first-order chi connectivity index (χ1) is 6.09. The summed E-state index contributed by atoms with van der Waals surface area (Å²) in [6.45, 7) is 2.10. The molecule has 0 amide bonds. The van der Waals surface area contributed by atoms with Gasteiger partial charge in [-0.15, -0.1) is 0 Å². The Morgan fingerprint density at radius 2 is 2.38 bits per heavy atom. The summed E-state index contributed by atoms with van der Waals surface area (Å²) in [7, 11) is 0. The van der Waals surface area contributed by atoms with Crippen molar-refractivity contribution >= 4 is 23.2 Å². The third-order valence-electron chi connectivity index (χ3n) is 1.46. The number of hydrogen-bond donors (Lipinski definition) is 0. The third kappa shape index (κ3) is 3.20. The fourth-order valence-corrected chi connectivity index (χ4v) is 0.958. The highest BCUT2D eigenvalue weighted by Gasteiger charge is 1.94. The molecule has 0 aromatic carbocycles. The molecule has 0 fully saturated rings. The molecule has 0 atom stereocenters. The second-order valence-corrected chi connectivity index (χ2v) is 3.51. The molecule has 0 saturated carbocycles. The molecule has 1 aromatic heterocycles. The molecule has 0 radical (unpaired) electrons. The number of aromatic nitrogens is 2. The average molecular weight is 219 g/mol. The van der Waals surface area contributed by atoms with Crippen LogP contribution >= 0.6 is 23.2 Å². The summed E-state index contributed by atoms with van der Waals surface area (Å²) in [6.07, 6.45) is 3.18. The SMILES string of the molecule is Cc1ccn(CC=C(Cl)Cl)c(=O)n1. The van der Waals surface area contributed by atoms with Gasteiger partial charge < -0.3 is 0 Å². The van der Waals surface area contributed by atoms with Gasteiger partial charge in [0.2, 0.25) is 0 Å². The topological polar surface area (TPSA) is 34.9 Å². The van der Waals surface area contributed by atoms with Crippen molar-refractivity contribution in [3.05, 3.63) is 39.0 Å². The minimum absolute atomic E-state index is 0.146. The molecule has 5 heteroatoms. The maximum atomic E-state index is 11.2. The lowest BCUT2D eigenvalue weighted by Crippen LogP contribution is -2.22. The average Bonchev–Trinajstić information content (AvgIpc) is 2.02. The van der Waals surface area contributed by atoms with Crippen LogP contribution < -0.4 is 5.69 Å². The monoisotopic (exact) mass is 218 g/mol. The molecule has 0 aliphatic rings. The minimum Gasteiger partial charge on any atom is -0.295 e. The predicted molar refractivity (Wildman–Crippen MR) is 53.0 cm³/mol. The van der Waals surface area contributed by atoms with Gasteiger partial charge in [0, 0.05) is 18.4 Å². The van der Waals surface area contributed by atoms with E-state index in [9.17, 15) is 4.79 Å². The Morgan fingerprint density at radius 1 is 1.69 bits per heavy atom. The largest absolute Gasteiger partial charge is 0.348 e. The smallest absolute Gasteiger partial charge is 0.295 e. The molecule has 70 valence electrons. The van der Waals surface area contributed by atoms with E-state index in [1.54, 1.807) is 19.2 Å². The highest BCUT2D eigenvalue weighted by Crippen LogP contribution is 2.05. The van der Waals surface area contributed by atoms with Crippen LogP contribution in [0.3, 0.4) is 0 Å². The van der Waals surface area contributed by atoms with E-state index in [2.05, 4.69) is 4.98 Å². The van der Waals surface area contributed by atoms with Crippen LogP contribution in [0.4, 0.5) is 0 Å². The molecule has 0 spiro atoms. The van der Waals surface area contributed by atoms with Gasteiger partial charge in [0.15, 0.2) is 0 Å². The summed E-state index contributed by atoms with van der Waals surface area (Å²) in [6, 6.07) is 1.75. The van der Waals surface area contributed by atoms with E-state index in [4.69, 9.17) is 23.2 Å². The Balaban J connectivity index is 2.91. The zero-order valence-corrected chi connectivity index (χ0v) is 8.51. The molecule has 1 rings (SSSR count). The molecule has 0 N–H and O–H groups in total. The van der Waals surface area contributed by atoms with E-state index in [0.717, 1.165) is 0 Å². The van der Waals surface area contributed by atoms with Gasteiger partial charge in [-0.3, -0.25) is 4.57 Å². The molecule has 13 heavy (non-hydrogen) atoms. The molecule has 0 aliphatic heterocycles. The molecule has 0 bridgehead atoms. The van der Waals surface area contributed by atoms with Gasteiger partial charge in [-0.1, -0.05) is 23.2 Å². The van der Waals surface area contributed by atoms with Gasteiger partial charge in [0.25, 0.3) is 0 Å². The van der Waals surface area contributed by atoms with E-state index in [0.29, 0.717) is 12.2 Å². The molecule has 0 saturated heterocycles. The van der Waals surface area contributed by atoms with E-state index in [-0.39, 0.29) is 10.2 Å². The molecule has 1 heterocycles. The van der Waals surface area contributed by atoms with Crippen LogP contribution in [0.5, 0.6) is 0 Å². The number of allylic oxidation sites excluding steroid dienone is 1. The normalized spacial score (nSPS) is 9.77. The van der Waals surface area contributed by atoms with Crippen molar-refractivity contribution < 1.29 is 0 Å². The summed E-state index contributed by atoms with van der Waals surface area (Å²) in [4.78, 5) is 14.9. The Morgan fingerprint density at radius 3 is 2.92 bits per heavy atom. The number of hydrogen-bond acceptors (Lipinski definition) is 2. The number of halogens is 2. The number of aryl methyl sites for hydroxylation is 1. The summed E-state index contributed by atoms with van der Waals surface area (Å²) in [5.41, 5.74) is 0.396. The van der Waals surface area contributed by atoms with Gasteiger partial charge in [-0.05, 0) is 19.1 Å². The lowest BCUT2D eigenvalue weighted by molar-refractivity contribution is 0.736. The quantitative estimate of drug-likeness (QED) is 0.760. The van der Waals surface area contributed by atoms with Crippen LogP contribution in [-0.4, -0.2) is 9.55 Å². The first kappa shape index (κ1) is 10.3. The first-order valence-electron chi connectivity index (χ1n) is 3.65. The Bertz CT molecular complexity index is 380. The van der Waals surface area contributed by atoms with Crippen molar-refractivity contribution in [2.45, 2.75) is 13.5 Å². The number of nitrogens with zero attached hydrogens (tertiary/aromatic N) is 2. The van der Waals surface area contributed by atoms with Gasteiger partial charge in [-0.2, -0.15) is 4.98 Å². The van der Waals surface area contributed by atoms with E-state index < -0.39 is 0 Å². The molecule has 0 aliphatic carbocycles. The second-order valence-electron chi connectivity index (χ2n) is 2.50. The molecular formula is C8H8Cl2N2O. The molecular weight excluding hydrogens is 211 g/mol. The summed E-state index contributed by atoms with van der Waals surface area (Å²) in [5.74, 6) is 0. The predicted octanol–water partition coefficient (Wildman–Crippen LogP) is 1.87. The Labute approximate surface area is 85.6 Å². The van der Waals surface area contributed by atoms with Crippen molar-refractivity contribution in [2.24, 2.45) is 0 Å². The van der Waals surface area contributed by atoms with Crippen LogP contribution in [0.1, 0.15) is 5.69 Å². The summed E-state index contributed by atoms with van der Waals surface area (Å²) >= 11 is 10.8. The van der Waals surface area contributed by atoms with Crippen LogP contribution in [0, 0.1) is 6.92 Å². The first-order valence-corrected chi connectivity index (χ1v) is 4.40. The molecule has 3 nitrogen and oxygen atoms in total. The van der Waals surface area contributed by atoms with Crippen LogP contribution in [0.15, 0.2) is 27.6 Å². The lowest BCUT2D eigenvalue weighted by atomic mass is 10.4. The molecule has 1 aromatic rings. The zero-order valence-electron chi connectivity index (χ0n) is 7.00.